The quantitative estimate of drug-likeness (QED) is 0.152. The van der Waals surface area contributed by atoms with Crippen molar-refractivity contribution in [2.24, 2.45) is 0 Å². The number of rotatable bonds is 7. The maximum Gasteiger partial charge on any atom is 0.316 e. The van der Waals surface area contributed by atoms with Gasteiger partial charge in [-0.25, -0.2) is 0 Å². The number of methoxy groups -OCH3 is 1. The fourth-order valence-electron chi connectivity index (χ4n) is 8.06. The summed E-state index contributed by atoms with van der Waals surface area (Å²) in [6.45, 7) is 5.01. The van der Waals surface area contributed by atoms with Gasteiger partial charge in [-0.15, -0.1) is 0 Å². The van der Waals surface area contributed by atoms with Crippen molar-refractivity contribution in [3.8, 4) is 17.2 Å². The molecule has 15 nitrogen and oxygen atoms in total. The summed E-state index contributed by atoms with van der Waals surface area (Å²) in [7, 11) is 4.76. The molecule has 2 aliphatic heterocycles. The summed E-state index contributed by atoms with van der Waals surface area (Å²) in [5.41, 5.74) is -4.13. The summed E-state index contributed by atoms with van der Waals surface area (Å²) < 4.78 is 29.9. The van der Waals surface area contributed by atoms with E-state index >= 15 is 0 Å². The van der Waals surface area contributed by atoms with E-state index in [1.54, 1.807) is 20.8 Å². The van der Waals surface area contributed by atoms with Gasteiger partial charge in [0.2, 0.25) is 5.78 Å². The van der Waals surface area contributed by atoms with Crippen LogP contribution < -0.4 is 0 Å². The monoisotopic (exact) mass is 715 g/mol. The Hall–Kier alpha value is -3.67. The molecular formula is C36H45NO14. The molecule has 0 bridgehead atoms. The van der Waals surface area contributed by atoms with Crippen LogP contribution in [0.1, 0.15) is 101 Å². The third-order valence-electron chi connectivity index (χ3n) is 10.8. The lowest BCUT2D eigenvalue weighted by Crippen LogP contribution is -2.57. The zero-order valence-corrected chi connectivity index (χ0v) is 29.2. The number of phenolic OH excluding ortho intramolecular Hbond substituents is 3. The topological polar surface area (TPSA) is 222 Å². The Morgan fingerprint density at radius 2 is 1.55 bits per heavy atom. The first-order valence-corrected chi connectivity index (χ1v) is 17.0. The van der Waals surface area contributed by atoms with Crippen molar-refractivity contribution in [2.45, 2.75) is 113 Å². The van der Waals surface area contributed by atoms with E-state index in [0.29, 0.717) is 0 Å². The Labute approximate surface area is 294 Å². The van der Waals surface area contributed by atoms with Gasteiger partial charge in [-0.3, -0.25) is 14.4 Å². The summed E-state index contributed by atoms with van der Waals surface area (Å²) in [6, 6.07) is 3.51. The van der Waals surface area contributed by atoms with E-state index in [2.05, 4.69) is 0 Å². The fraction of sp³-hybridized carbons (Fsp3) is 0.583. The zero-order chi connectivity index (χ0) is 37.3. The van der Waals surface area contributed by atoms with Gasteiger partial charge in [0.25, 0.3) is 0 Å². The van der Waals surface area contributed by atoms with Gasteiger partial charge in [-0.2, -0.15) is 0 Å². The van der Waals surface area contributed by atoms with Gasteiger partial charge < -0.3 is 59.2 Å². The number of benzene rings is 2. The highest BCUT2D eigenvalue weighted by atomic mass is 16.7. The molecule has 2 aromatic carbocycles. The van der Waals surface area contributed by atoms with Crippen LogP contribution in [0.4, 0.5) is 0 Å². The second-order valence-corrected chi connectivity index (χ2v) is 14.1. The summed E-state index contributed by atoms with van der Waals surface area (Å²) >= 11 is 0. The molecule has 0 spiro atoms. The predicted molar refractivity (Wildman–Crippen MR) is 175 cm³/mol. The molecule has 0 radical (unpaired) electrons. The summed E-state index contributed by atoms with van der Waals surface area (Å²) in [5.74, 6) is -6.38. The molecule has 51 heavy (non-hydrogen) atoms. The van der Waals surface area contributed by atoms with Crippen LogP contribution in [-0.4, -0.2) is 129 Å². The van der Waals surface area contributed by atoms with Crippen LogP contribution in [0.15, 0.2) is 18.2 Å². The van der Waals surface area contributed by atoms with Crippen molar-refractivity contribution in [3.05, 3.63) is 51.6 Å². The number of aromatic hydroxyl groups is 3. The molecule has 11 atom stereocenters. The third-order valence-corrected chi connectivity index (χ3v) is 10.8. The highest BCUT2D eigenvalue weighted by Crippen LogP contribution is 2.57. The van der Waals surface area contributed by atoms with Crippen molar-refractivity contribution < 1.29 is 68.7 Å². The Morgan fingerprint density at radius 3 is 2.18 bits per heavy atom. The molecular weight excluding hydrogens is 670 g/mol. The molecule has 0 aromatic heterocycles. The minimum absolute atomic E-state index is 0.0363. The van der Waals surface area contributed by atoms with Crippen LogP contribution in [0.25, 0.3) is 0 Å². The maximum absolute atomic E-state index is 13.9. The number of carbonyl (C=O) groups excluding carboxylic acids is 3. The molecule has 2 saturated heterocycles. The molecule has 2 aromatic rings. The smallest absolute Gasteiger partial charge is 0.316 e. The number of aliphatic hydroxyl groups excluding tert-OH is 2. The van der Waals surface area contributed by atoms with Gasteiger partial charge in [0.1, 0.15) is 35.4 Å². The van der Waals surface area contributed by atoms with Crippen LogP contribution in [0.5, 0.6) is 17.2 Å². The van der Waals surface area contributed by atoms with Gasteiger partial charge in [-0.1, -0.05) is 19.1 Å². The van der Waals surface area contributed by atoms with E-state index in [-0.39, 0.29) is 54.0 Å². The lowest BCUT2D eigenvalue weighted by Gasteiger charge is -2.48. The number of phenols is 3. The number of nitrogens with zero attached hydrogens (tertiary/aromatic N) is 1. The Morgan fingerprint density at radius 1 is 0.922 bits per heavy atom. The van der Waals surface area contributed by atoms with Gasteiger partial charge in [0.15, 0.2) is 18.4 Å². The summed E-state index contributed by atoms with van der Waals surface area (Å²) in [5, 5.41) is 66.7. The SMILES string of the molecule is CC[C@@]1(O)C[C@H](O[C@H]2C[C@H](N(C)C)[C@@H](O[C@H]3C[C@H](O)[C@H](O)[C@H](C)O3)[C@H](C)O2)c2c(O)c3c(c(O)c2[C@H]1C(=O)OC)C(=O)c1cccc(O)c1C3=O. The molecule has 278 valence electrons. The van der Waals surface area contributed by atoms with Crippen molar-refractivity contribution in [3.63, 3.8) is 0 Å². The minimum atomic E-state index is -1.91. The molecule has 2 fully saturated rings. The van der Waals surface area contributed by atoms with Crippen LogP contribution >= 0.6 is 0 Å². The maximum atomic E-state index is 13.9. The molecule has 0 saturated carbocycles. The number of fused-ring (bicyclic) bond motifs is 3. The van der Waals surface area contributed by atoms with Crippen LogP contribution in [0.3, 0.4) is 0 Å². The number of likely N-dealkylation sites (N-methyl/N-ethyl adjacent to an activating group) is 1. The average Bonchev–Trinajstić information content (AvgIpc) is 3.07. The summed E-state index contributed by atoms with van der Waals surface area (Å²) in [4.78, 5) is 42.9. The first-order chi connectivity index (χ1) is 24.0. The number of hydrogen-bond acceptors (Lipinski definition) is 15. The number of aliphatic hydroxyl groups is 3. The molecule has 0 unspecified atom stereocenters. The lowest BCUT2D eigenvalue weighted by molar-refractivity contribution is -0.310. The van der Waals surface area contributed by atoms with Crippen molar-refractivity contribution >= 4 is 17.5 Å². The van der Waals surface area contributed by atoms with Crippen LogP contribution in [0, 0.1) is 0 Å². The normalized spacial score (nSPS) is 34.9. The molecule has 2 aliphatic carbocycles. The number of hydrogen-bond donors (Lipinski definition) is 6. The molecule has 6 rings (SSSR count). The van der Waals surface area contributed by atoms with Gasteiger partial charge in [-0.05, 0) is 40.4 Å². The lowest BCUT2D eigenvalue weighted by atomic mass is 9.66. The van der Waals surface area contributed by atoms with Crippen LogP contribution in [0.2, 0.25) is 0 Å². The Bertz CT molecular complexity index is 1720. The van der Waals surface area contributed by atoms with Gasteiger partial charge in [0, 0.05) is 42.0 Å². The molecule has 0 amide bonds. The Kier molecular flexibility index (Phi) is 9.97. The van der Waals surface area contributed by atoms with Gasteiger partial charge in [0.05, 0.1) is 53.8 Å². The minimum Gasteiger partial charge on any atom is -0.507 e. The second kappa shape index (κ2) is 13.7. The average molecular weight is 716 g/mol. The van der Waals surface area contributed by atoms with E-state index < -0.39 is 107 Å². The highest BCUT2D eigenvalue weighted by molar-refractivity contribution is 6.31. The highest BCUT2D eigenvalue weighted by Gasteiger charge is 2.55. The van der Waals surface area contributed by atoms with Gasteiger partial charge >= 0.3 is 5.97 Å². The van der Waals surface area contributed by atoms with E-state index in [1.807, 2.05) is 19.0 Å². The zero-order valence-electron chi connectivity index (χ0n) is 29.2. The van der Waals surface area contributed by atoms with Crippen molar-refractivity contribution in [2.75, 3.05) is 21.2 Å². The largest absolute Gasteiger partial charge is 0.507 e. The number of ether oxygens (including phenoxy) is 5. The van der Waals surface area contributed by atoms with Crippen LogP contribution in [-0.2, 0) is 28.5 Å². The molecule has 6 N–H and O–H groups in total. The molecule has 4 aliphatic rings. The van der Waals surface area contributed by atoms with E-state index in [4.69, 9.17) is 23.7 Å². The predicted octanol–water partition coefficient (Wildman–Crippen LogP) is 1.74. The number of esters is 1. The summed E-state index contributed by atoms with van der Waals surface area (Å²) in [6.07, 6.45) is -7.23. The first kappa shape index (κ1) is 37.1. The van der Waals surface area contributed by atoms with E-state index in [1.165, 1.54) is 18.2 Å². The van der Waals surface area contributed by atoms with E-state index in [0.717, 1.165) is 7.11 Å². The van der Waals surface area contributed by atoms with Crippen molar-refractivity contribution in [1.82, 2.24) is 4.90 Å². The Balaban J connectivity index is 1.40. The third kappa shape index (κ3) is 6.08. The second-order valence-electron chi connectivity index (χ2n) is 14.1. The van der Waals surface area contributed by atoms with E-state index in [9.17, 15) is 45.0 Å². The van der Waals surface area contributed by atoms with Crippen molar-refractivity contribution in [1.29, 1.82) is 0 Å². The standard InChI is InChI=1S/C36H45NO14/c1-7-36(46)13-20(50-21-11-17(37(4)5)34(15(3)49-21)51-22-12-19(39)29(40)14(2)48-22)24-25(28(36)35(45)47-6)33(44)26-27(32(24)43)31(42)23-16(30(26)41)9-8-10-18(23)38/h8-10,14-15,17,19-22,28-29,34,38-40,43-44,46H,7,11-13H2,1-6H3/t14-,15-,17-,19-,20-,21-,22-,28-,29+,34-,36+/m0/s1. The number of carbonyl (C=O) groups is 3. The fourth-order valence-corrected chi connectivity index (χ4v) is 8.06. The molecule has 2 heterocycles. The number of ketones is 2. The molecule has 15 heteroatoms. The first-order valence-electron chi connectivity index (χ1n) is 17.0.